The van der Waals surface area contributed by atoms with Crippen molar-refractivity contribution in [3.05, 3.63) is 22.7 Å². The molecular formula is C13H18BrN3O2S. The van der Waals surface area contributed by atoms with Crippen LogP contribution in [0.2, 0.25) is 0 Å². The van der Waals surface area contributed by atoms with E-state index < -0.39 is 10.0 Å². The number of benzene rings is 1. The van der Waals surface area contributed by atoms with Gasteiger partial charge in [0.15, 0.2) is 0 Å². The summed E-state index contributed by atoms with van der Waals surface area (Å²) in [6, 6.07) is 6.08. The second-order valence-electron chi connectivity index (χ2n) is 5.54. The van der Waals surface area contributed by atoms with E-state index >= 15 is 0 Å². The van der Waals surface area contributed by atoms with Crippen LogP contribution in [-0.4, -0.2) is 38.5 Å². The van der Waals surface area contributed by atoms with Crippen molar-refractivity contribution in [3.8, 4) is 0 Å². The Hall–Kier alpha value is -0.630. The molecule has 2 aliphatic rings. The van der Waals surface area contributed by atoms with Crippen LogP contribution in [0, 0.1) is 0 Å². The Bertz CT molecular complexity index is 616. The molecule has 5 nitrogen and oxygen atoms in total. The number of hydrogen-bond donors (Lipinski definition) is 2. The lowest BCUT2D eigenvalue weighted by Crippen LogP contribution is -2.27. The monoisotopic (exact) mass is 359 g/mol. The third-order valence-corrected chi connectivity index (χ3v) is 5.48. The van der Waals surface area contributed by atoms with E-state index in [1.165, 1.54) is 18.9 Å². The molecule has 0 bridgehead atoms. The number of primary sulfonamides is 1. The third kappa shape index (κ3) is 3.16. The molecule has 3 rings (SSSR count). The van der Waals surface area contributed by atoms with Crippen molar-refractivity contribution in [2.24, 2.45) is 5.14 Å². The molecule has 1 aliphatic carbocycles. The predicted octanol–water partition coefficient (Wildman–Crippen LogP) is 1.75. The van der Waals surface area contributed by atoms with Crippen LogP contribution in [0.3, 0.4) is 0 Å². The molecule has 1 atom stereocenters. The van der Waals surface area contributed by atoms with Gasteiger partial charge in [-0.05, 0) is 53.4 Å². The van der Waals surface area contributed by atoms with E-state index in [2.05, 4.69) is 26.1 Å². The summed E-state index contributed by atoms with van der Waals surface area (Å²) >= 11 is 3.41. The van der Waals surface area contributed by atoms with Gasteiger partial charge in [-0.15, -0.1) is 0 Å². The fraction of sp³-hybridized carbons (Fsp3) is 0.538. The number of likely N-dealkylation sites (tertiary alicyclic amines) is 1. The minimum atomic E-state index is -3.65. The van der Waals surface area contributed by atoms with Crippen LogP contribution in [-0.2, 0) is 10.0 Å². The second-order valence-corrected chi connectivity index (χ2v) is 7.96. The van der Waals surface area contributed by atoms with Gasteiger partial charge in [-0.25, -0.2) is 13.6 Å². The van der Waals surface area contributed by atoms with E-state index in [1.54, 1.807) is 12.1 Å². The standard InChI is InChI=1S/C13H18BrN3O2S/c14-12-7-11(20(15,18)19)3-4-13(12)16-9-5-6-17(8-9)10-1-2-10/h3-4,7,9-10,16H,1-2,5-6,8H2,(H2,15,18,19). The Kier molecular flexibility index (Phi) is 3.79. The molecule has 0 radical (unpaired) electrons. The highest BCUT2D eigenvalue weighted by Gasteiger charge is 2.34. The number of nitrogens with two attached hydrogens (primary N) is 1. The molecule has 20 heavy (non-hydrogen) atoms. The van der Waals surface area contributed by atoms with Gasteiger partial charge in [0, 0.05) is 35.3 Å². The van der Waals surface area contributed by atoms with Crippen molar-refractivity contribution in [2.75, 3.05) is 18.4 Å². The van der Waals surface area contributed by atoms with E-state index in [4.69, 9.17) is 5.14 Å². The molecule has 1 saturated heterocycles. The minimum Gasteiger partial charge on any atom is -0.380 e. The summed E-state index contributed by atoms with van der Waals surface area (Å²) in [4.78, 5) is 2.66. The lowest BCUT2D eigenvalue weighted by molar-refractivity contribution is 0.326. The van der Waals surface area contributed by atoms with E-state index in [1.807, 2.05) is 0 Å². The van der Waals surface area contributed by atoms with Crippen LogP contribution in [0.1, 0.15) is 19.3 Å². The lowest BCUT2D eigenvalue weighted by atomic mass is 10.2. The van der Waals surface area contributed by atoms with Gasteiger partial charge in [-0.2, -0.15) is 0 Å². The van der Waals surface area contributed by atoms with Crippen LogP contribution in [0.15, 0.2) is 27.6 Å². The van der Waals surface area contributed by atoms with Crippen molar-refractivity contribution >= 4 is 31.6 Å². The van der Waals surface area contributed by atoms with Crippen molar-refractivity contribution < 1.29 is 8.42 Å². The highest BCUT2D eigenvalue weighted by Crippen LogP contribution is 2.32. The molecule has 1 heterocycles. The van der Waals surface area contributed by atoms with E-state index in [-0.39, 0.29) is 4.90 Å². The first-order valence-electron chi connectivity index (χ1n) is 6.76. The summed E-state index contributed by atoms with van der Waals surface area (Å²) in [5.74, 6) is 0. The van der Waals surface area contributed by atoms with E-state index in [9.17, 15) is 8.42 Å². The minimum absolute atomic E-state index is 0.126. The molecule has 1 unspecified atom stereocenters. The first-order valence-corrected chi connectivity index (χ1v) is 9.10. The first kappa shape index (κ1) is 14.3. The number of nitrogens with zero attached hydrogens (tertiary/aromatic N) is 1. The van der Waals surface area contributed by atoms with Crippen LogP contribution in [0.25, 0.3) is 0 Å². The Morgan fingerprint density at radius 1 is 1.30 bits per heavy atom. The van der Waals surface area contributed by atoms with Gasteiger partial charge in [0.05, 0.1) is 4.90 Å². The zero-order chi connectivity index (χ0) is 14.3. The predicted molar refractivity (Wildman–Crippen MR) is 82.1 cm³/mol. The van der Waals surface area contributed by atoms with Gasteiger partial charge in [0.2, 0.25) is 10.0 Å². The lowest BCUT2D eigenvalue weighted by Gasteiger charge is -2.17. The molecule has 3 N–H and O–H groups in total. The maximum atomic E-state index is 11.3. The van der Waals surface area contributed by atoms with E-state index in [0.29, 0.717) is 6.04 Å². The zero-order valence-electron chi connectivity index (χ0n) is 11.0. The van der Waals surface area contributed by atoms with Crippen molar-refractivity contribution in [2.45, 2.75) is 36.2 Å². The van der Waals surface area contributed by atoms with Crippen LogP contribution in [0.4, 0.5) is 5.69 Å². The van der Waals surface area contributed by atoms with Crippen molar-refractivity contribution in [1.29, 1.82) is 0 Å². The van der Waals surface area contributed by atoms with Gasteiger partial charge < -0.3 is 5.32 Å². The van der Waals surface area contributed by atoms with Gasteiger partial charge >= 0.3 is 0 Å². The van der Waals surface area contributed by atoms with Crippen molar-refractivity contribution in [3.63, 3.8) is 0 Å². The number of rotatable bonds is 4. The fourth-order valence-electron chi connectivity index (χ4n) is 2.69. The summed E-state index contributed by atoms with van der Waals surface area (Å²) in [5, 5.41) is 8.60. The average Bonchev–Trinajstić information content (AvgIpc) is 3.11. The number of halogens is 1. The molecule has 1 aromatic carbocycles. The molecule has 110 valence electrons. The SMILES string of the molecule is NS(=O)(=O)c1ccc(NC2CCN(C3CC3)C2)c(Br)c1. The molecule has 0 aromatic heterocycles. The number of sulfonamides is 1. The summed E-state index contributed by atoms with van der Waals surface area (Å²) in [6.45, 7) is 2.21. The van der Waals surface area contributed by atoms with Gasteiger partial charge in [-0.1, -0.05) is 0 Å². The number of hydrogen-bond acceptors (Lipinski definition) is 4. The Labute approximate surface area is 127 Å². The topological polar surface area (TPSA) is 75.4 Å². The summed E-state index contributed by atoms with van der Waals surface area (Å²) in [5.41, 5.74) is 0.917. The Balaban J connectivity index is 1.68. The molecule has 1 aromatic rings. The normalized spacial score (nSPS) is 24.0. The maximum Gasteiger partial charge on any atom is 0.238 e. The highest BCUT2D eigenvalue weighted by molar-refractivity contribution is 9.10. The van der Waals surface area contributed by atoms with Crippen LogP contribution < -0.4 is 10.5 Å². The zero-order valence-corrected chi connectivity index (χ0v) is 13.5. The van der Waals surface area contributed by atoms with Gasteiger partial charge in [-0.3, -0.25) is 4.90 Å². The third-order valence-electron chi connectivity index (χ3n) is 3.91. The highest BCUT2D eigenvalue weighted by atomic mass is 79.9. The molecule has 0 amide bonds. The fourth-order valence-corrected chi connectivity index (χ4v) is 3.87. The Morgan fingerprint density at radius 3 is 2.65 bits per heavy atom. The van der Waals surface area contributed by atoms with E-state index in [0.717, 1.165) is 35.7 Å². The second kappa shape index (κ2) is 5.29. The van der Waals surface area contributed by atoms with Gasteiger partial charge in [0.25, 0.3) is 0 Å². The van der Waals surface area contributed by atoms with Crippen LogP contribution >= 0.6 is 15.9 Å². The van der Waals surface area contributed by atoms with Crippen molar-refractivity contribution in [1.82, 2.24) is 4.90 Å². The first-order chi connectivity index (χ1) is 9.43. The maximum absolute atomic E-state index is 11.3. The summed E-state index contributed by atoms with van der Waals surface area (Å²) in [7, 11) is -3.65. The Morgan fingerprint density at radius 2 is 2.05 bits per heavy atom. The quantitative estimate of drug-likeness (QED) is 0.858. The summed E-state index contributed by atoms with van der Waals surface area (Å²) in [6.07, 6.45) is 3.79. The molecule has 1 aliphatic heterocycles. The smallest absolute Gasteiger partial charge is 0.238 e. The van der Waals surface area contributed by atoms with Crippen LogP contribution in [0.5, 0.6) is 0 Å². The molecule has 2 fully saturated rings. The largest absolute Gasteiger partial charge is 0.380 e. The molecule has 7 heteroatoms. The molecule has 0 spiro atoms. The molecule has 1 saturated carbocycles. The number of nitrogens with one attached hydrogen (secondary N) is 1. The molecular weight excluding hydrogens is 342 g/mol. The average molecular weight is 360 g/mol. The number of anilines is 1. The van der Waals surface area contributed by atoms with Gasteiger partial charge in [0.1, 0.15) is 0 Å². The summed E-state index contributed by atoms with van der Waals surface area (Å²) < 4.78 is 23.3.